The highest BCUT2D eigenvalue weighted by Gasteiger charge is 2.14. The summed E-state index contributed by atoms with van der Waals surface area (Å²) in [6.45, 7) is 3.90. The van der Waals surface area contributed by atoms with Gasteiger partial charge in [0.2, 0.25) is 0 Å². The first kappa shape index (κ1) is 35.5. The summed E-state index contributed by atoms with van der Waals surface area (Å²) in [5.41, 5.74) is 7.71. The second kappa shape index (κ2) is 16.5. The third kappa shape index (κ3) is 9.19. The molecule has 0 bridgehead atoms. The van der Waals surface area contributed by atoms with Crippen LogP contribution in [0.2, 0.25) is 10.0 Å². The van der Waals surface area contributed by atoms with Crippen molar-refractivity contribution in [2.75, 3.05) is 34.5 Å². The lowest BCUT2D eigenvalue weighted by molar-refractivity contribution is 0.101. The topological polar surface area (TPSA) is 116 Å². The molecule has 6 rings (SSSR count). The van der Waals surface area contributed by atoms with E-state index in [1.807, 2.05) is 92.3 Å². The Hall–Kier alpha value is -5.84. The molecule has 2 heterocycles. The Kier molecular flexibility index (Phi) is 11.7. The highest BCUT2D eigenvalue weighted by Crippen LogP contribution is 2.33. The molecule has 2 N–H and O–H groups in total. The second-order valence-corrected chi connectivity index (χ2v) is 12.1. The van der Waals surface area contributed by atoms with E-state index >= 15 is 0 Å². The average Bonchev–Trinajstić information content (AvgIpc) is 3.13. The quantitative estimate of drug-likeness (QED) is 0.161. The fourth-order valence-corrected chi connectivity index (χ4v) is 5.26. The van der Waals surface area contributed by atoms with Gasteiger partial charge >= 0.3 is 0 Å². The molecule has 10 nitrogen and oxygen atoms in total. The number of aromatic nitrogens is 4. The Balaban J connectivity index is 0.000000194. The number of anilines is 6. The number of carbonyl (C=O) groups excluding carboxylic acids is 2. The third-order valence-corrected chi connectivity index (χ3v) is 8.23. The van der Waals surface area contributed by atoms with Crippen LogP contribution in [0.15, 0.2) is 122 Å². The lowest BCUT2D eigenvalue weighted by Crippen LogP contribution is -2.14. The highest BCUT2D eigenvalue weighted by molar-refractivity contribution is 6.34. The van der Waals surface area contributed by atoms with Gasteiger partial charge in [-0.05, 0) is 74.5 Å². The van der Waals surface area contributed by atoms with Crippen molar-refractivity contribution in [1.29, 1.82) is 0 Å². The summed E-state index contributed by atoms with van der Waals surface area (Å²) in [6, 6.07) is 25.6. The van der Waals surface area contributed by atoms with Crippen LogP contribution in [0.3, 0.4) is 0 Å². The SMILES string of the molecule is Cc1cccc(C(=O)Nc2cc(N(C)c3cncnc3)ccc2Cl)c1.Cc1cccc(C(=O)Nc2ccc(Cl)c(N(C)c3cncnc3)c2)c1. The molecule has 0 atom stereocenters. The number of rotatable bonds is 8. The number of hydrogen-bond donors (Lipinski definition) is 2. The van der Waals surface area contributed by atoms with E-state index in [9.17, 15) is 9.59 Å². The molecule has 2 amide bonds. The molecule has 0 aliphatic rings. The molecule has 2 aromatic heterocycles. The first-order chi connectivity index (χ1) is 24.1. The van der Waals surface area contributed by atoms with Crippen molar-refractivity contribution in [2.45, 2.75) is 13.8 Å². The van der Waals surface area contributed by atoms with E-state index in [0.717, 1.165) is 33.9 Å². The van der Waals surface area contributed by atoms with Crippen LogP contribution < -0.4 is 20.4 Å². The predicted octanol–water partition coefficient (Wildman–Crippen LogP) is 8.92. The lowest BCUT2D eigenvalue weighted by Gasteiger charge is -2.20. The second-order valence-electron chi connectivity index (χ2n) is 11.3. The van der Waals surface area contributed by atoms with Gasteiger partial charge in [0.1, 0.15) is 12.7 Å². The maximum Gasteiger partial charge on any atom is 0.255 e. The van der Waals surface area contributed by atoms with Crippen LogP contribution in [-0.4, -0.2) is 45.8 Å². The van der Waals surface area contributed by atoms with Crippen molar-refractivity contribution in [1.82, 2.24) is 19.9 Å². The molecule has 0 spiro atoms. The molecule has 0 aliphatic heterocycles. The Morgan fingerprint density at radius 1 is 0.580 bits per heavy atom. The highest BCUT2D eigenvalue weighted by atomic mass is 35.5. The molecule has 4 aromatic carbocycles. The molecule has 0 unspecified atom stereocenters. The number of amides is 2. The fourth-order valence-electron chi connectivity index (χ4n) is 4.85. The predicted molar refractivity (Wildman–Crippen MR) is 201 cm³/mol. The first-order valence-electron chi connectivity index (χ1n) is 15.4. The van der Waals surface area contributed by atoms with Gasteiger partial charge in [-0.1, -0.05) is 58.6 Å². The number of nitrogens with zero attached hydrogens (tertiary/aromatic N) is 6. The Morgan fingerprint density at radius 3 is 1.66 bits per heavy atom. The molecule has 50 heavy (non-hydrogen) atoms. The number of hydrogen-bond acceptors (Lipinski definition) is 8. The van der Waals surface area contributed by atoms with E-state index < -0.39 is 0 Å². The number of nitrogens with one attached hydrogen (secondary N) is 2. The van der Waals surface area contributed by atoms with Gasteiger partial charge in [-0.3, -0.25) is 9.59 Å². The van der Waals surface area contributed by atoms with E-state index in [2.05, 4.69) is 30.6 Å². The summed E-state index contributed by atoms with van der Waals surface area (Å²) >= 11 is 12.6. The Bertz CT molecular complexity index is 2100. The fraction of sp³-hybridized carbons (Fsp3) is 0.105. The number of carbonyl (C=O) groups is 2. The average molecular weight is 706 g/mol. The van der Waals surface area contributed by atoms with Crippen LogP contribution in [0.4, 0.5) is 34.1 Å². The van der Waals surface area contributed by atoms with Crippen LogP contribution in [0.1, 0.15) is 31.8 Å². The molecule has 12 heteroatoms. The molecule has 0 saturated carbocycles. The van der Waals surface area contributed by atoms with Crippen molar-refractivity contribution in [3.63, 3.8) is 0 Å². The molecule has 0 saturated heterocycles. The van der Waals surface area contributed by atoms with E-state index in [0.29, 0.717) is 32.5 Å². The maximum atomic E-state index is 12.5. The van der Waals surface area contributed by atoms with Gasteiger partial charge in [0.15, 0.2) is 0 Å². The van der Waals surface area contributed by atoms with Crippen molar-refractivity contribution < 1.29 is 9.59 Å². The van der Waals surface area contributed by atoms with Gasteiger partial charge in [0.25, 0.3) is 11.8 Å². The molecular weight excluding hydrogens is 671 g/mol. The Labute approximate surface area is 300 Å². The van der Waals surface area contributed by atoms with E-state index in [4.69, 9.17) is 23.2 Å². The summed E-state index contributed by atoms with van der Waals surface area (Å²) in [5, 5.41) is 6.82. The van der Waals surface area contributed by atoms with Crippen molar-refractivity contribution in [3.05, 3.63) is 155 Å². The third-order valence-electron chi connectivity index (χ3n) is 7.58. The number of benzene rings is 4. The van der Waals surface area contributed by atoms with Gasteiger partial charge in [0.05, 0.1) is 57.6 Å². The zero-order valence-electron chi connectivity index (χ0n) is 27.8. The number of aryl methyl sites for hydroxylation is 2. The monoisotopic (exact) mass is 704 g/mol. The normalized spacial score (nSPS) is 10.4. The standard InChI is InChI=1S/2C19H17ClN4O/c1-13-4-3-5-14(8-13)19(25)23-18-9-15(6-7-17(18)20)24(2)16-10-21-12-22-11-16;1-13-4-3-5-14(8-13)19(25)23-15-6-7-17(20)18(9-15)24(2)16-10-21-12-22-11-16/h2*3-12H,1-2H3,(H,23,25). The summed E-state index contributed by atoms with van der Waals surface area (Å²) in [7, 11) is 3.76. The maximum absolute atomic E-state index is 12.5. The minimum atomic E-state index is -0.201. The van der Waals surface area contributed by atoms with Gasteiger partial charge in [-0.15, -0.1) is 0 Å². The lowest BCUT2D eigenvalue weighted by atomic mass is 10.1. The van der Waals surface area contributed by atoms with Gasteiger partial charge in [-0.25, -0.2) is 19.9 Å². The van der Waals surface area contributed by atoms with Crippen molar-refractivity contribution >= 4 is 69.1 Å². The van der Waals surface area contributed by atoms with Crippen LogP contribution >= 0.6 is 23.2 Å². The summed E-state index contributed by atoms with van der Waals surface area (Å²) < 4.78 is 0. The zero-order chi connectivity index (χ0) is 35.6. The molecule has 0 radical (unpaired) electrons. The first-order valence-corrected chi connectivity index (χ1v) is 16.2. The van der Waals surface area contributed by atoms with Crippen LogP contribution in [0.5, 0.6) is 0 Å². The molecular formula is C38H34Cl2N8O2. The van der Waals surface area contributed by atoms with E-state index in [1.54, 1.807) is 55.1 Å². The van der Waals surface area contributed by atoms with Gasteiger partial charge < -0.3 is 20.4 Å². The largest absolute Gasteiger partial charge is 0.342 e. The van der Waals surface area contributed by atoms with Crippen LogP contribution in [0.25, 0.3) is 0 Å². The smallest absolute Gasteiger partial charge is 0.255 e. The van der Waals surface area contributed by atoms with Crippen LogP contribution in [0, 0.1) is 13.8 Å². The molecule has 0 fully saturated rings. The summed E-state index contributed by atoms with van der Waals surface area (Å²) in [4.78, 5) is 44.7. The summed E-state index contributed by atoms with van der Waals surface area (Å²) in [6.07, 6.45) is 9.77. The number of halogens is 2. The summed E-state index contributed by atoms with van der Waals surface area (Å²) in [5.74, 6) is -0.365. The van der Waals surface area contributed by atoms with Gasteiger partial charge in [-0.2, -0.15) is 0 Å². The van der Waals surface area contributed by atoms with Gasteiger partial charge in [0, 0.05) is 36.6 Å². The minimum Gasteiger partial charge on any atom is -0.342 e. The molecule has 0 aliphatic carbocycles. The molecule has 252 valence electrons. The van der Waals surface area contributed by atoms with E-state index in [-0.39, 0.29) is 11.8 Å². The molecule has 6 aromatic rings. The van der Waals surface area contributed by atoms with Crippen molar-refractivity contribution in [3.8, 4) is 0 Å². The zero-order valence-corrected chi connectivity index (χ0v) is 29.3. The van der Waals surface area contributed by atoms with E-state index in [1.165, 1.54) is 12.7 Å². The Morgan fingerprint density at radius 2 is 1.10 bits per heavy atom. The van der Waals surface area contributed by atoms with Crippen LogP contribution in [-0.2, 0) is 0 Å². The minimum absolute atomic E-state index is 0.164. The van der Waals surface area contributed by atoms with Crippen molar-refractivity contribution in [2.24, 2.45) is 0 Å².